The first-order chi connectivity index (χ1) is 12.2. The van der Waals surface area contributed by atoms with E-state index < -0.39 is 0 Å². The Morgan fingerprint density at radius 2 is 1.96 bits per heavy atom. The molecule has 1 aromatic heterocycles. The summed E-state index contributed by atoms with van der Waals surface area (Å²) in [6.07, 6.45) is 2.47. The van der Waals surface area contributed by atoms with Crippen LogP contribution in [0.3, 0.4) is 0 Å². The first-order valence-electron chi connectivity index (χ1n) is 8.53. The summed E-state index contributed by atoms with van der Waals surface area (Å²) < 4.78 is 5.19. The van der Waals surface area contributed by atoms with Crippen LogP contribution in [0.1, 0.15) is 28.4 Å². The van der Waals surface area contributed by atoms with E-state index in [1.54, 1.807) is 13.1 Å². The highest BCUT2D eigenvalue weighted by molar-refractivity contribution is 6.05. The molecule has 0 aliphatic heterocycles. The van der Waals surface area contributed by atoms with Crippen LogP contribution in [0.2, 0.25) is 0 Å². The molecule has 0 bridgehead atoms. The van der Waals surface area contributed by atoms with E-state index in [0.29, 0.717) is 12.2 Å². The van der Waals surface area contributed by atoms with Gasteiger partial charge in [0.15, 0.2) is 0 Å². The number of carbonyl (C=O) groups excluding carboxylic acids is 1. The Morgan fingerprint density at radius 1 is 1.16 bits per heavy atom. The lowest BCUT2D eigenvalue weighted by Crippen LogP contribution is -2.13. The van der Waals surface area contributed by atoms with E-state index in [1.807, 2.05) is 37.3 Å². The molecule has 4 nitrogen and oxygen atoms in total. The zero-order valence-corrected chi connectivity index (χ0v) is 14.6. The molecular formula is C21H22N2O2. The summed E-state index contributed by atoms with van der Waals surface area (Å²) in [5.74, 6) is -0.347. The number of hydrogen-bond donors (Lipinski definition) is 1. The fourth-order valence-electron chi connectivity index (χ4n) is 2.84. The molecule has 3 aromatic rings. The molecule has 2 aromatic carbocycles. The average Bonchev–Trinajstić information content (AvgIpc) is 2.63. The normalized spacial score (nSPS) is 10.6. The van der Waals surface area contributed by atoms with Crippen LogP contribution in [0.4, 0.5) is 5.69 Å². The van der Waals surface area contributed by atoms with Crippen molar-refractivity contribution in [1.82, 2.24) is 4.98 Å². The van der Waals surface area contributed by atoms with E-state index >= 15 is 0 Å². The van der Waals surface area contributed by atoms with Crippen LogP contribution in [-0.4, -0.2) is 24.1 Å². The van der Waals surface area contributed by atoms with Crippen molar-refractivity contribution in [2.24, 2.45) is 0 Å². The summed E-state index contributed by atoms with van der Waals surface area (Å²) in [6.45, 7) is 4.90. The molecule has 1 N–H and O–H groups in total. The molecule has 0 aliphatic rings. The number of esters is 1. The van der Waals surface area contributed by atoms with Gasteiger partial charge < -0.3 is 10.1 Å². The number of benzene rings is 2. The molecular weight excluding hydrogens is 312 g/mol. The third-order valence-corrected chi connectivity index (χ3v) is 4.08. The van der Waals surface area contributed by atoms with Crippen molar-refractivity contribution in [2.75, 3.05) is 18.5 Å². The van der Waals surface area contributed by atoms with Crippen molar-refractivity contribution >= 4 is 22.6 Å². The smallest absolute Gasteiger partial charge is 0.341 e. The molecule has 0 fully saturated rings. The van der Waals surface area contributed by atoms with Gasteiger partial charge in [-0.1, -0.05) is 42.0 Å². The fraction of sp³-hybridized carbons (Fsp3) is 0.238. The van der Waals surface area contributed by atoms with Gasteiger partial charge in [-0.25, -0.2) is 4.79 Å². The van der Waals surface area contributed by atoms with Gasteiger partial charge in [0.25, 0.3) is 0 Å². The van der Waals surface area contributed by atoms with E-state index in [0.717, 1.165) is 35.1 Å². The lowest BCUT2D eigenvalue weighted by Gasteiger charge is -2.14. The second-order valence-electron chi connectivity index (χ2n) is 5.95. The van der Waals surface area contributed by atoms with Gasteiger partial charge in [-0.05, 0) is 38.0 Å². The summed E-state index contributed by atoms with van der Waals surface area (Å²) in [5.41, 5.74) is 4.51. The minimum atomic E-state index is -0.347. The molecule has 1 heterocycles. The van der Waals surface area contributed by atoms with Gasteiger partial charge in [-0.15, -0.1) is 0 Å². The van der Waals surface area contributed by atoms with E-state index in [9.17, 15) is 4.79 Å². The SMILES string of the molecule is CCOC(=O)c1cnc2ccc(C)cc2c1NCCc1ccccc1. The first-order valence-corrected chi connectivity index (χ1v) is 8.53. The molecule has 3 rings (SSSR count). The number of pyridine rings is 1. The highest BCUT2D eigenvalue weighted by atomic mass is 16.5. The van der Waals surface area contributed by atoms with Gasteiger partial charge in [0, 0.05) is 18.1 Å². The second-order valence-corrected chi connectivity index (χ2v) is 5.95. The lowest BCUT2D eigenvalue weighted by atomic mass is 10.1. The number of nitrogens with zero attached hydrogens (tertiary/aromatic N) is 1. The van der Waals surface area contributed by atoms with Crippen LogP contribution in [0.15, 0.2) is 54.7 Å². The third kappa shape index (κ3) is 3.97. The Hall–Kier alpha value is -2.88. The summed E-state index contributed by atoms with van der Waals surface area (Å²) >= 11 is 0. The van der Waals surface area contributed by atoms with Crippen molar-refractivity contribution in [3.63, 3.8) is 0 Å². The number of fused-ring (bicyclic) bond motifs is 1. The summed E-state index contributed by atoms with van der Waals surface area (Å²) in [4.78, 5) is 16.7. The van der Waals surface area contributed by atoms with Gasteiger partial charge in [0.1, 0.15) is 5.56 Å². The number of carbonyl (C=O) groups is 1. The quantitative estimate of drug-likeness (QED) is 0.680. The Kier molecular flexibility index (Phi) is 5.29. The van der Waals surface area contributed by atoms with Crippen LogP contribution in [-0.2, 0) is 11.2 Å². The lowest BCUT2D eigenvalue weighted by molar-refractivity contribution is 0.0527. The molecule has 0 amide bonds. The summed E-state index contributed by atoms with van der Waals surface area (Å²) in [6, 6.07) is 16.3. The van der Waals surface area contributed by atoms with Gasteiger partial charge in [-0.3, -0.25) is 4.98 Å². The molecule has 4 heteroatoms. The molecule has 0 aliphatic carbocycles. The van der Waals surface area contributed by atoms with Crippen molar-refractivity contribution in [3.8, 4) is 0 Å². The molecule has 0 spiro atoms. The monoisotopic (exact) mass is 334 g/mol. The predicted molar refractivity (Wildman–Crippen MR) is 101 cm³/mol. The predicted octanol–water partition coefficient (Wildman–Crippen LogP) is 4.37. The maximum Gasteiger partial charge on any atom is 0.341 e. The van der Waals surface area contributed by atoms with Crippen LogP contribution < -0.4 is 5.32 Å². The molecule has 25 heavy (non-hydrogen) atoms. The maximum atomic E-state index is 12.3. The molecule has 0 atom stereocenters. The van der Waals surface area contributed by atoms with E-state index in [2.05, 4.69) is 28.5 Å². The number of anilines is 1. The number of hydrogen-bond acceptors (Lipinski definition) is 4. The Labute approximate surface area is 147 Å². The highest BCUT2D eigenvalue weighted by Gasteiger charge is 2.16. The van der Waals surface area contributed by atoms with Crippen LogP contribution >= 0.6 is 0 Å². The Morgan fingerprint density at radius 3 is 2.72 bits per heavy atom. The van der Waals surface area contributed by atoms with Crippen LogP contribution in [0.25, 0.3) is 10.9 Å². The summed E-state index contributed by atoms with van der Waals surface area (Å²) in [7, 11) is 0. The van der Waals surface area contributed by atoms with Gasteiger partial charge in [0.05, 0.1) is 17.8 Å². The largest absolute Gasteiger partial charge is 0.462 e. The van der Waals surface area contributed by atoms with Crippen molar-refractivity contribution in [2.45, 2.75) is 20.3 Å². The average molecular weight is 334 g/mol. The summed E-state index contributed by atoms with van der Waals surface area (Å²) in [5, 5.41) is 4.37. The Bertz CT molecular complexity index is 876. The number of ether oxygens (including phenoxy) is 1. The van der Waals surface area contributed by atoms with Crippen LogP contribution in [0.5, 0.6) is 0 Å². The maximum absolute atomic E-state index is 12.3. The molecule has 0 saturated carbocycles. The van der Waals surface area contributed by atoms with Gasteiger partial charge in [0.2, 0.25) is 0 Å². The topological polar surface area (TPSA) is 51.2 Å². The molecule has 128 valence electrons. The first kappa shape index (κ1) is 17.0. The minimum absolute atomic E-state index is 0.341. The van der Waals surface area contributed by atoms with Crippen molar-refractivity contribution in [1.29, 1.82) is 0 Å². The van der Waals surface area contributed by atoms with Gasteiger partial charge >= 0.3 is 5.97 Å². The standard InChI is InChI=1S/C21H22N2O2/c1-3-25-21(24)18-14-23-19-10-9-15(2)13-17(19)20(18)22-12-11-16-7-5-4-6-8-16/h4-10,13-14H,3,11-12H2,1-2H3,(H,22,23). The molecule has 0 saturated heterocycles. The number of rotatable bonds is 6. The van der Waals surface area contributed by atoms with E-state index in [-0.39, 0.29) is 5.97 Å². The highest BCUT2D eigenvalue weighted by Crippen LogP contribution is 2.27. The number of aryl methyl sites for hydroxylation is 1. The number of nitrogens with one attached hydrogen (secondary N) is 1. The van der Waals surface area contributed by atoms with Crippen LogP contribution in [0, 0.1) is 6.92 Å². The number of aromatic nitrogens is 1. The zero-order valence-electron chi connectivity index (χ0n) is 14.6. The zero-order chi connectivity index (χ0) is 17.6. The second kappa shape index (κ2) is 7.79. The fourth-order valence-corrected chi connectivity index (χ4v) is 2.84. The van der Waals surface area contributed by atoms with E-state index in [4.69, 9.17) is 4.74 Å². The van der Waals surface area contributed by atoms with E-state index in [1.165, 1.54) is 5.56 Å². The third-order valence-electron chi connectivity index (χ3n) is 4.08. The molecule has 0 unspecified atom stereocenters. The van der Waals surface area contributed by atoms with Gasteiger partial charge in [-0.2, -0.15) is 0 Å². The minimum Gasteiger partial charge on any atom is -0.462 e. The van der Waals surface area contributed by atoms with Crippen molar-refractivity contribution in [3.05, 3.63) is 71.4 Å². The molecule has 0 radical (unpaired) electrons. The van der Waals surface area contributed by atoms with Crippen molar-refractivity contribution < 1.29 is 9.53 Å². The Balaban J connectivity index is 1.92.